The van der Waals surface area contributed by atoms with Crippen LogP contribution in [0.15, 0.2) is 72.8 Å². The average Bonchev–Trinajstić information content (AvgIpc) is 2.91. The molecule has 1 atom stereocenters. The fourth-order valence-corrected chi connectivity index (χ4v) is 5.76. The van der Waals surface area contributed by atoms with E-state index >= 15 is 0 Å². The number of carbonyl (C=O) groups excluding carboxylic acids is 2. The minimum atomic E-state index is -3.64. The lowest BCUT2D eigenvalue weighted by atomic mass is 10.0. The van der Waals surface area contributed by atoms with Gasteiger partial charge in [-0.3, -0.25) is 13.9 Å². The van der Waals surface area contributed by atoms with E-state index in [0.29, 0.717) is 33.3 Å². The van der Waals surface area contributed by atoms with Crippen molar-refractivity contribution in [1.29, 1.82) is 0 Å². The topological polar surface area (TPSA) is 86.8 Å². The molecule has 208 valence electrons. The molecule has 2 amide bonds. The van der Waals surface area contributed by atoms with Crippen LogP contribution in [0.3, 0.4) is 0 Å². The molecule has 1 unspecified atom stereocenters. The molecular weight excluding hydrogens is 557 g/mol. The Morgan fingerprint density at radius 2 is 1.56 bits per heavy atom. The molecule has 0 spiro atoms. The minimum Gasteiger partial charge on any atom is -0.357 e. The van der Waals surface area contributed by atoms with Gasteiger partial charge >= 0.3 is 0 Å². The molecule has 0 aliphatic carbocycles. The lowest BCUT2D eigenvalue weighted by Crippen LogP contribution is -2.49. The van der Waals surface area contributed by atoms with Crippen LogP contribution in [0, 0.1) is 6.92 Å². The second-order valence-electron chi connectivity index (χ2n) is 9.26. The highest BCUT2D eigenvalue weighted by molar-refractivity contribution is 7.92. The number of benzene rings is 3. The Hall–Kier alpha value is -3.07. The third kappa shape index (κ3) is 8.21. The van der Waals surface area contributed by atoms with Gasteiger partial charge in [0.25, 0.3) is 0 Å². The quantitative estimate of drug-likeness (QED) is 0.313. The standard InChI is InChI=1S/C29H33Cl2N3O4S/c1-21-24(30)15-9-16-26(21)34(39(3,37)38)18-10-17-28(35)33(20-23-13-7-8-14-25(23)31)27(29(36)32-2)19-22-11-5-4-6-12-22/h4-9,11-16,27H,10,17-20H2,1-3H3,(H,32,36). The van der Waals surface area contributed by atoms with E-state index in [-0.39, 0.29) is 37.7 Å². The fourth-order valence-electron chi connectivity index (χ4n) is 4.38. The number of rotatable bonds is 12. The first-order valence-corrected chi connectivity index (χ1v) is 15.1. The molecule has 3 rings (SSSR count). The molecule has 0 aliphatic heterocycles. The number of sulfonamides is 1. The maximum atomic E-state index is 13.7. The Kier molecular flexibility index (Phi) is 10.8. The van der Waals surface area contributed by atoms with Crippen LogP contribution in [0.2, 0.25) is 10.0 Å². The van der Waals surface area contributed by atoms with Crippen molar-refractivity contribution in [2.24, 2.45) is 0 Å². The third-order valence-electron chi connectivity index (χ3n) is 6.48. The van der Waals surface area contributed by atoms with Crippen molar-refractivity contribution < 1.29 is 18.0 Å². The van der Waals surface area contributed by atoms with Gasteiger partial charge in [0.2, 0.25) is 21.8 Å². The van der Waals surface area contributed by atoms with E-state index in [2.05, 4.69) is 5.32 Å². The Labute approximate surface area is 240 Å². The van der Waals surface area contributed by atoms with Gasteiger partial charge in [0.05, 0.1) is 11.9 Å². The monoisotopic (exact) mass is 589 g/mol. The maximum Gasteiger partial charge on any atom is 0.242 e. The summed E-state index contributed by atoms with van der Waals surface area (Å²) in [6.45, 7) is 1.96. The smallest absolute Gasteiger partial charge is 0.242 e. The lowest BCUT2D eigenvalue weighted by molar-refractivity contribution is -0.141. The number of amides is 2. The Morgan fingerprint density at radius 1 is 0.923 bits per heavy atom. The van der Waals surface area contributed by atoms with Crippen molar-refractivity contribution in [3.63, 3.8) is 0 Å². The minimum absolute atomic E-state index is 0.0262. The van der Waals surface area contributed by atoms with Crippen LogP contribution < -0.4 is 9.62 Å². The Bertz CT molecular complexity index is 1400. The van der Waals surface area contributed by atoms with E-state index in [4.69, 9.17) is 23.2 Å². The van der Waals surface area contributed by atoms with E-state index < -0.39 is 16.1 Å². The Balaban J connectivity index is 1.87. The summed E-state index contributed by atoms with van der Waals surface area (Å²) in [5, 5.41) is 3.63. The molecule has 0 saturated carbocycles. The lowest BCUT2D eigenvalue weighted by Gasteiger charge is -2.32. The number of carbonyl (C=O) groups is 2. The maximum absolute atomic E-state index is 13.7. The van der Waals surface area contributed by atoms with Crippen molar-refractivity contribution in [1.82, 2.24) is 10.2 Å². The molecule has 39 heavy (non-hydrogen) atoms. The van der Waals surface area contributed by atoms with Crippen LogP contribution in [0.1, 0.15) is 29.5 Å². The number of nitrogens with one attached hydrogen (secondary N) is 1. The van der Waals surface area contributed by atoms with Gasteiger partial charge in [0.1, 0.15) is 6.04 Å². The highest BCUT2D eigenvalue weighted by Gasteiger charge is 2.30. The summed E-state index contributed by atoms with van der Waals surface area (Å²) in [7, 11) is -2.10. The average molecular weight is 591 g/mol. The molecule has 0 radical (unpaired) electrons. The van der Waals surface area contributed by atoms with E-state index in [1.165, 1.54) is 16.3 Å². The first-order chi connectivity index (χ1) is 18.5. The number of likely N-dealkylation sites (N-methyl/N-ethyl adjacent to an activating group) is 1. The second-order valence-corrected chi connectivity index (χ2v) is 12.0. The van der Waals surface area contributed by atoms with Crippen molar-refractivity contribution in [2.45, 2.75) is 38.8 Å². The normalized spacial score (nSPS) is 12.0. The summed E-state index contributed by atoms with van der Waals surface area (Å²) in [6, 6.07) is 20.9. The highest BCUT2D eigenvalue weighted by atomic mass is 35.5. The summed E-state index contributed by atoms with van der Waals surface area (Å²) in [5.41, 5.74) is 2.72. The summed E-state index contributed by atoms with van der Waals surface area (Å²) < 4.78 is 26.6. The van der Waals surface area contributed by atoms with Crippen LogP contribution in [0.25, 0.3) is 0 Å². The predicted octanol–water partition coefficient (Wildman–Crippen LogP) is 5.23. The first kappa shape index (κ1) is 30.5. The first-order valence-electron chi connectivity index (χ1n) is 12.5. The van der Waals surface area contributed by atoms with Crippen molar-refractivity contribution >= 4 is 50.7 Å². The van der Waals surface area contributed by atoms with Gasteiger partial charge < -0.3 is 10.2 Å². The van der Waals surface area contributed by atoms with Gasteiger partial charge in [0, 0.05) is 43.0 Å². The zero-order valence-corrected chi connectivity index (χ0v) is 24.6. The SMILES string of the molecule is CNC(=O)C(Cc1ccccc1)N(Cc1ccccc1Cl)C(=O)CCCN(c1cccc(Cl)c1C)S(C)(=O)=O. The van der Waals surface area contributed by atoms with E-state index in [1.807, 2.05) is 42.5 Å². The molecule has 3 aromatic rings. The van der Waals surface area contributed by atoms with Crippen molar-refractivity contribution in [3.05, 3.63) is 99.5 Å². The summed E-state index contributed by atoms with van der Waals surface area (Å²) in [5.74, 6) is -0.581. The van der Waals surface area contributed by atoms with Crippen LogP contribution >= 0.6 is 23.2 Å². The number of hydrogen-bond acceptors (Lipinski definition) is 4. The highest BCUT2D eigenvalue weighted by Crippen LogP contribution is 2.29. The van der Waals surface area contributed by atoms with E-state index in [9.17, 15) is 18.0 Å². The molecule has 7 nitrogen and oxygen atoms in total. The van der Waals surface area contributed by atoms with Crippen LogP contribution in [-0.2, 0) is 32.6 Å². The van der Waals surface area contributed by atoms with Gasteiger partial charge in [-0.15, -0.1) is 0 Å². The van der Waals surface area contributed by atoms with E-state index in [0.717, 1.165) is 11.8 Å². The molecule has 1 N–H and O–H groups in total. The summed E-state index contributed by atoms with van der Waals surface area (Å²) in [4.78, 5) is 28.3. The molecule has 0 aromatic heterocycles. The molecule has 0 aliphatic rings. The third-order valence-corrected chi connectivity index (χ3v) is 8.43. The zero-order chi connectivity index (χ0) is 28.6. The summed E-state index contributed by atoms with van der Waals surface area (Å²) >= 11 is 12.7. The number of hydrogen-bond donors (Lipinski definition) is 1. The van der Waals surface area contributed by atoms with Crippen LogP contribution in [0.4, 0.5) is 5.69 Å². The van der Waals surface area contributed by atoms with Gasteiger partial charge in [-0.05, 0) is 48.2 Å². The van der Waals surface area contributed by atoms with Crippen LogP contribution in [-0.4, -0.2) is 51.0 Å². The van der Waals surface area contributed by atoms with Gasteiger partial charge in [-0.2, -0.15) is 0 Å². The molecular formula is C29H33Cl2N3O4S. The molecule has 0 saturated heterocycles. The molecule has 0 fully saturated rings. The van der Waals surface area contributed by atoms with Crippen molar-refractivity contribution in [3.8, 4) is 0 Å². The molecule has 0 heterocycles. The molecule has 3 aromatic carbocycles. The largest absolute Gasteiger partial charge is 0.357 e. The van der Waals surface area contributed by atoms with Gasteiger partial charge in [0.15, 0.2) is 0 Å². The fraction of sp³-hybridized carbons (Fsp3) is 0.310. The molecule has 0 bridgehead atoms. The van der Waals surface area contributed by atoms with E-state index in [1.54, 1.807) is 37.3 Å². The van der Waals surface area contributed by atoms with Crippen molar-refractivity contribution in [2.75, 3.05) is 24.2 Å². The number of halogens is 2. The predicted molar refractivity (Wildman–Crippen MR) is 158 cm³/mol. The Morgan fingerprint density at radius 3 is 2.21 bits per heavy atom. The number of anilines is 1. The summed E-state index contributed by atoms with van der Waals surface area (Å²) in [6.07, 6.45) is 1.70. The van der Waals surface area contributed by atoms with Crippen LogP contribution in [0.5, 0.6) is 0 Å². The molecule has 10 heteroatoms. The number of nitrogens with zero attached hydrogens (tertiary/aromatic N) is 2. The van der Waals surface area contributed by atoms with Gasteiger partial charge in [-0.25, -0.2) is 8.42 Å². The second kappa shape index (κ2) is 13.8. The zero-order valence-electron chi connectivity index (χ0n) is 22.2. The van der Waals surface area contributed by atoms with Gasteiger partial charge in [-0.1, -0.05) is 77.8 Å².